The molecule has 1 aromatic heterocycles. The molecule has 0 spiro atoms. The smallest absolute Gasteiger partial charge is 0.177 e. The lowest BCUT2D eigenvalue weighted by Gasteiger charge is -2.36. The van der Waals surface area contributed by atoms with E-state index in [9.17, 15) is 5.11 Å². The first-order valence-electron chi connectivity index (χ1n) is 6.37. The molecule has 2 unspecified atom stereocenters. The van der Waals surface area contributed by atoms with E-state index in [4.69, 9.17) is 0 Å². The van der Waals surface area contributed by atoms with Crippen LogP contribution in [-0.4, -0.2) is 54.9 Å². The molecule has 1 N–H and O–H groups in total. The van der Waals surface area contributed by atoms with Gasteiger partial charge in [-0.2, -0.15) is 4.80 Å². The van der Waals surface area contributed by atoms with Crippen LogP contribution < -0.4 is 0 Å². The molecule has 6 heteroatoms. The van der Waals surface area contributed by atoms with E-state index in [1.54, 1.807) is 7.05 Å². The van der Waals surface area contributed by atoms with Crippen molar-refractivity contribution in [1.29, 1.82) is 0 Å². The molecular weight excluding hydrogens is 218 g/mol. The average molecular weight is 237 g/mol. The van der Waals surface area contributed by atoms with Crippen molar-refractivity contribution in [1.82, 2.24) is 25.1 Å². The molecule has 1 aromatic rings. The van der Waals surface area contributed by atoms with Crippen LogP contribution in [0, 0.1) is 0 Å². The highest BCUT2D eigenvalue weighted by atomic mass is 16.3. The molecule has 0 saturated carbocycles. The number of aryl methyl sites for hydroxylation is 1. The van der Waals surface area contributed by atoms with Gasteiger partial charge >= 0.3 is 0 Å². The highest BCUT2D eigenvalue weighted by Crippen LogP contribution is 2.36. The van der Waals surface area contributed by atoms with Gasteiger partial charge in [0.2, 0.25) is 0 Å². The fourth-order valence-corrected chi connectivity index (χ4v) is 3.25. The molecule has 0 aliphatic carbocycles. The standard InChI is InChI=1S/C11H19N5O/c1-15-13-10(12-14-15)8-11(17)5-7-16-6-3-2-4-9(11)16/h9,17H,2-8H2,1H3. The molecule has 0 aromatic carbocycles. The van der Waals surface area contributed by atoms with Crippen LogP contribution >= 0.6 is 0 Å². The van der Waals surface area contributed by atoms with E-state index in [0.29, 0.717) is 18.3 Å². The summed E-state index contributed by atoms with van der Waals surface area (Å²) >= 11 is 0. The Balaban J connectivity index is 1.76. The molecule has 3 heterocycles. The first-order valence-corrected chi connectivity index (χ1v) is 6.37. The fourth-order valence-electron chi connectivity index (χ4n) is 3.25. The summed E-state index contributed by atoms with van der Waals surface area (Å²) in [4.78, 5) is 3.87. The van der Waals surface area contributed by atoms with Gasteiger partial charge < -0.3 is 5.11 Å². The number of tetrazole rings is 1. The van der Waals surface area contributed by atoms with Crippen molar-refractivity contribution >= 4 is 0 Å². The second-order valence-electron chi connectivity index (χ2n) is 5.27. The summed E-state index contributed by atoms with van der Waals surface area (Å²) in [5, 5.41) is 22.8. The molecule has 17 heavy (non-hydrogen) atoms. The van der Waals surface area contributed by atoms with Gasteiger partial charge in [0.05, 0.1) is 12.6 Å². The van der Waals surface area contributed by atoms with E-state index < -0.39 is 5.60 Å². The minimum atomic E-state index is -0.649. The van der Waals surface area contributed by atoms with Gasteiger partial charge in [0.15, 0.2) is 5.82 Å². The first kappa shape index (κ1) is 11.1. The molecule has 0 radical (unpaired) electrons. The third-order valence-corrected chi connectivity index (χ3v) is 4.08. The number of piperidine rings is 1. The highest BCUT2D eigenvalue weighted by molar-refractivity contribution is 5.05. The van der Waals surface area contributed by atoms with Crippen molar-refractivity contribution in [3.05, 3.63) is 5.82 Å². The second-order valence-corrected chi connectivity index (χ2v) is 5.27. The molecule has 2 fully saturated rings. The lowest BCUT2D eigenvalue weighted by atomic mass is 9.86. The van der Waals surface area contributed by atoms with Gasteiger partial charge in [0.1, 0.15) is 0 Å². The molecule has 2 aliphatic rings. The fraction of sp³-hybridized carbons (Fsp3) is 0.909. The van der Waals surface area contributed by atoms with Crippen LogP contribution in [0.25, 0.3) is 0 Å². The number of nitrogens with zero attached hydrogens (tertiary/aromatic N) is 5. The Hall–Kier alpha value is -1.01. The Bertz CT molecular complexity index is 406. The Morgan fingerprint density at radius 1 is 1.41 bits per heavy atom. The molecule has 0 amide bonds. The summed E-state index contributed by atoms with van der Waals surface area (Å²) < 4.78 is 0. The number of hydrogen-bond acceptors (Lipinski definition) is 5. The Morgan fingerprint density at radius 2 is 2.29 bits per heavy atom. The zero-order valence-electron chi connectivity index (χ0n) is 10.2. The zero-order valence-corrected chi connectivity index (χ0v) is 10.2. The first-order chi connectivity index (χ1) is 8.17. The SMILES string of the molecule is Cn1nnc(CC2(O)CCN3CCCCC32)n1. The predicted molar refractivity (Wildman–Crippen MR) is 61.3 cm³/mol. The van der Waals surface area contributed by atoms with Crippen molar-refractivity contribution < 1.29 is 5.11 Å². The van der Waals surface area contributed by atoms with E-state index in [1.165, 1.54) is 17.6 Å². The predicted octanol–water partition coefficient (Wildman–Crippen LogP) is -0.258. The van der Waals surface area contributed by atoms with Crippen LogP contribution in [-0.2, 0) is 13.5 Å². The van der Waals surface area contributed by atoms with Gasteiger partial charge in [0, 0.05) is 19.0 Å². The van der Waals surface area contributed by atoms with Crippen LogP contribution in [0.3, 0.4) is 0 Å². The highest BCUT2D eigenvalue weighted by Gasteiger charge is 2.47. The molecule has 2 atom stereocenters. The maximum Gasteiger partial charge on any atom is 0.177 e. The van der Waals surface area contributed by atoms with Crippen LogP contribution in [0.5, 0.6) is 0 Å². The number of rotatable bonds is 2. The van der Waals surface area contributed by atoms with E-state index in [0.717, 1.165) is 25.9 Å². The molecule has 2 saturated heterocycles. The van der Waals surface area contributed by atoms with E-state index in [1.807, 2.05) is 0 Å². The van der Waals surface area contributed by atoms with Crippen molar-refractivity contribution in [2.45, 2.75) is 43.7 Å². The van der Waals surface area contributed by atoms with Gasteiger partial charge in [-0.1, -0.05) is 6.42 Å². The third kappa shape index (κ3) is 1.95. The Morgan fingerprint density at radius 3 is 3.06 bits per heavy atom. The van der Waals surface area contributed by atoms with Gasteiger partial charge in [0.25, 0.3) is 0 Å². The van der Waals surface area contributed by atoms with Gasteiger partial charge in [-0.3, -0.25) is 4.90 Å². The summed E-state index contributed by atoms with van der Waals surface area (Å²) in [6.45, 7) is 2.13. The largest absolute Gasteiger partial charge is 0.388 e. The summed E-state index contributed by atoms with van der Waals surface area (Å²) in [7, 11) is 1.75. The minimum Gasteiger partial charge on any atom is -0.388 e. The van der Waals surface area contributed by atoms with E-state index >= 15 is 0 Å². The van der Waals surface area contributed by atoms with E-state index in [2.05, 4.69) is 20.3 Å². The van der Waals surface area contributed by atoms with Gasteiger partial charge in [-0.15, -0.1) is 10.2 Å². The Labute approximate surface area is 101 Å². The number of aromatic nitrogens is 4. The van der Waals surface area contributed by atoms with Crippen LogP contribution in [0.4, 0.5) is 0 Å². The average Bonchev–Trinajstić information content (AvgIpc) is 2.86. The topological polar surface area (TPSA) is 67.1 Å². The molecule has 94 valence electrons. The molecule has 0 bridgehead atoms. The van der Waals surface area contributed by atoms with Crippen LogP contribution in [0.15, 0.2) is 0 Å². The van der Waals surface area contributed by atoms with Gasteiger partial charge in [-0.05, 0) is 31.0 Å². The third-order valence-electron chi connectivity index (χ3n) is 4.08. The second kappa shape index (κ2) is 4.03. The number of fused-ring (bicyclic) bond motifs is 1. The normalized spacial score (nSPS) is 33.9. The van der Waals surface area contributed by atoms with Gasteiger partial charge in [-0.25, -0.2) is 0 Å². The molecule has 6 nitrogen and oxygen atoms in total. The number of aliphatic hydroxyl groups is 1. The molecule has 3 rings (SSSR count). The summed E-state index contributed by atoms with van der Waals surface area (Å²) in [5.41, 5.74) is -0.649. The minimum absolute atomic E-state index is 0.292. The van der Waals surface area contributed by atoms with Crippen molar-refractivity contribution in [3.63, 3.8) is 0 Å². The van der Waals surface area contributed by atoms with E-state index in [-0.39, 0.29) is 0 Å². The monoisotopic (exact) mass is 237 g/mol. The molecule has 2 aliphatic heterocycles. The summed E-state index contributed by atoms with van der Waals surface area (Å²) in [5.74, 6) is 0.655. The van der Waals surface area contributed by atoms with Crippen LogP contribution in [0.1, 0.15) is 31.5 Å². The quantitative estimate of drug-likeness (QED) is 0.767. The Kier molecular flexibility index (Phi) is 2.63. The van der Waals surface area contributed by atoms with Crippen molar-refractivity contribution in [2.75, 3.05) is 13.1 Å². The van der Waals surface area contributed by atoms with Crippen molar-refractivity contribution in [2.24, 2.45) is 7.05 Å². The summed E-state index contributed by atoms with van der Waals surface area (Å²) in [6, 6.07) is 0.292. The van der Waals surface area contributed by atoms with Crippen LogP contribution in [0.2, 0.25) is 0 Å². The lowest BCUT2D eigenvalue weighted by Crippen LogP contribution is -2.48. The maximum atomic E-state index is 10.8. The maximum absolute atomic E-state index is 10.8. The van der Waals surface area contributed by atoms with Crippen molar-refractivity contribution in [3.8, 4) is 0 Å². The zero-order chi connectivity index (χ0) is 11.9. The summed E-state index contributed by atoms with van der Waals surface area (Å²) in [6.07, 6.45) is 4.93. The number of hydrogen-bond donors (Lipinski definition) is 1. The lowest BCUT2D eigenvalue weighted by molar-refractivity contribution is -0.0104. The molecular formula is C11H19N5O.